The Bertz CT molecular complexity index is 987. The lowest BCUT2D eigenvalue weighted by atomic mass is 9.96. The van der Waals surface area contributed by atoms with Crippen LogP contribution in [0, 0.1) is 0 Å². The first-order valence-corrected chi connectivity index (χ1v) is 12.2. The molecule has 1 aliphatic heterocycles. The van der Waals surface area contributed by atoms with Crippen molar-refractivity contribution in [1.29, 1.82) is 0 Å². The van der Waals surface area contributed by atoms with Gasteiger partial charge in [0.05, 0.1) is 11.8 Å². The molecule has 32 heavy (non-hydrogen) atoms. The number of aromatic nitrogens is 1. The minimum atomic E-state index is -3.42. The molecule has 1 aromatic heterocycles. The van der Waals surface area contributed by atoms with Crippen molar-refractivity contribution in [2.75, 3.05) is 33.2 Å². The number of halogens is 1. The Morgan fingerprint density at radius 3 is 2.59 bits per heavy atom. The molecule has 0 atom stereocenters. The number of ether oxygens (including phenoxy) is 1. The largest absolute Gasteiger partial charge is 0.490 e. The molecule has 2 heterocycles. The summed E-state index contributed by atoms with van der Waals surface area (Å²) < 4.78 is 37.6. The highest BCUT2D eigenvalue weighted by Gasteiger charge is 2.29. The second-order valence-corrected chi connectivity index (χ2v) is 9.78. The highest BCUT2D eigenvalue weighted by Crippen LogP contribution is 2.27. The maximum absolute atomic E-state index is 12.6. The van der Waals surface area contributed by atoms with E-state index in [0.29, 0.717) is 44.5 Å². The summed E-state index contributed by atoms with van der Waals surface area (Å²) in [6.07, 6.45) is 5.18. The molecule has 0 spiro atoms. The summed E-state index contributed by atoms with van der Waals surface area (Å²) in [5, 5.41) is 7.11. The molecule has 9 nitrogen and oxygen atoms in total. The van der Waals surface area contributed by atoms with Gasteiger partial charge in [-0.25, -0.2) is 8.42 Å². The smallest absolute Gasteiger partial charge is 0.220 e. The molecule has 1 saturated carbocycles. The number of rotatable bonds is 7. The number of guanidine groups is 1. The molecule has 2 aliphatic rings. The Kier molecular flexibility index (Phi) is 8.77. The average Bonchev–Trinajstić information content (AvgIpc) is 3.24. The van der Waals surface area contributed by atoms with Gasteiger partial charge in [-0.2, -0.15) is 4.31 Å². The fourth-order valence-corrected chi connectivity index (χ4v) is 5.13. The normalized spacial score (nSPS) is 18.0. The molecule has 1 N–H and O–H groups in total. The van der Waals surface area contributed by atoms with Crippen molar-refractivity contribution in [2.24, 2.45) is 4.99 Å². The van der Waals surface area contributed by atoms with Crippen LogP contribution in [0.1, 0.15) is 30.5 Å². The summed E-state index contributed by atoms with van der Waals surface area (Å²) in [7, 11) is -1.68. The predicted octanol–water partition coefficient (Wildman–Crippen LogP) is 2.45. The highest BCUT2D eigenvalue weighted by atomic mass is 127. The number of benzene rings is 1. The molecule has 0 amide bonds. The molecule has 0 bridgehead atoms. The Hall–Kier alpha value is -1.86. The third-order valence-electron chi connectivity index (χ3n) is 5.72. The van der Waals surface area contributed by atoms with Crippen molar-refractivity contribution in [3.05, 3.63) is 47.9 Å². The van der Waals surface area contributed by atoms with Gasteiger partial charge in [0.1, 0.15) is 17.8 Å². The van der Waals surface area contributed by atoms with Gasteiger partial charge in [-0.05, 0) is 25.3 Å². The lowest BCUT2D eigenvalue weighted by Gasteiger charge is -2.35. The summed E-state index contributed by atoms with van der Waals surface area (Å²) in [6.45, 7) is 2.54. The maximum atomic E-state index is 12.6. The third kappa shape index (κ3) is 6.13. The van der Waals surface area contributed by atoms with E-state index >= 15 is 0 Å². The van der Waals surface area contributed by atoms with Crippen molar-refractivity contribution in [3.8, 4) is 5.75 Å². The number of aliphatic imine (C=N–C) groups is 1. The van der Waals surface area contributed by atoms with Crippen molar-refractivity contribution in [1.82, 2.24) is 19.7 Å². The molecular weight excluding hydrogens is 545 g/mol. The van der Waals surface area contributed by atoms with E-state index in [0.717, 1.165) is 30.1 Å². The van der Waals surface area contributed by atoms with E-state index in [1.807, 2.05) is 18.2 Å². The zero-order chi connectivity index (χ0) is 21.7. The van der Waals surface area contributed by atoms with Crippen LogP contribution in [-0.2, 0) is 22.3 Å². The molecule has 176 valence electrons. The van der Waals surface area contributed by atoms with Crippen LogP contribution < -0.4 is 10.1 Å². The van der Waals surface area contributed by atoms with E-state index in [9.17, 15) is 8.42 Å². The Balaban J connectivity index is 0.00000289. The van der Waals surface area contributed by atoms with Crippen LogP contribution in [0.2, 0.25) is 0 Å². The quantitative estimate of drug-likeness (QED) is 0.308. The molecule has 0 radical (unpaired) electrons. The molecule has 2 fully saturated rings. The second-order valence-electron chi connectivity index (χ2n) is 7.81. The fraction of sp³-hybridized carbons (Fsp3) is 0.524. The minimum Gasteiger partial charge on any atom is -0.490 e. The van der Waals surface area contributed by atoms with Crippen LogP contribution in [0.25, 0.3) is 0 Å². The number of nitrogens with one attached hydrogen (secondary N) is 1. The standard InChI is InChI=1S/C21H29N5O4S.HI/c1-22-21(23-15-17-5-2-3-8-20(17)30-19-6-4-7-19)25-10-12-26(13-11-25)31(27,28)16-18-9-14-29-24-18;/h2-3,5,8-9,14,19H,4,6-7,10-13,15-16H2,1H3,(H,22,23);1H. The SMILES string of the molecule is CN=C(NCc1ccccc1OC1CCC1)N1CCN(S(=O)(=O)Cc2ccon2)CC1.I. The topological polar surface area (TPSA) is 100 Å². The maximum Gasteiger partial charge on any atom is 0.220 e. The Labute approximate surface area is 206 Å². The third-order valence-corrected chi connectivity index (χ3v) is 7.53. The zero-order valence-electron chi connectivity index (χ0n) is 18.1. The van der Waals surface area contributed by atoms with Crippen molar-refractivity contribution < 1.29 is 17.7 Å². The molecule has 0 unspecified atom stereocenters. The highest BCUT2D eigenvalue weighted by molar-refractivity contribution is 14.0. The van der Waals surface area contributed by atoms with Crippen molar-refractivity contribution >= 4 is 40.0 Å². The molecule has 1 saturated heterocycles. The van der Waals surface area contributed by atoms with Crippen LogP contribution in [-0.4, -0.2) is 68.1 Å². The summed E-state index contributed by atoms with van der Waals surface area (Å²) in [5.74, 6) is 1.53. The second kappa shape index (κ2) is 11.3. The minimum absolute atomic E-state index is 0. The number of hydrogen-bond donors (Lipinski definition) is 1. The van der Waals surface area contributed by atoms with Gasteiger partial charge in [-0.1, -0.05) is 23.4 Å². The van der Waals surface area contributed by atoms with E-state index < -0.39 is 10.0 Å². The molecule has 11 heteroatoms. The van der Waals surface area contributed by atoms with E-state index in [4.69, 9.17) is 9.26 Å². The Morgan fingerprint density at radius 2 is 1.97 bits per heavy atom. The average molecular weight is 575 g/mol. The number of nitrogens with zero attached hydrogens (tertiary/aromatic N) is 4. The first-order valence-electron chi connectivity index (χ1n) is 10.6. The van der Waals surface area contributed by atoms with Crippen LogP contribution in [0.5, 0.6) is 5.75 Å². The van der Waals surface area contributed by atoms with Crippen LogP contribution in [0.4, 0.5) is 0 Å². The van der Waals surface area contributed by atoms with Gasteiger partial charge in [0.25, 0.3) is 0 Å². The molecule has 1 aliphatic carbocycles. The first-order chi connectivity index (χ1) is 15.0. The molecule has 1 aromatic carbocycles. The summed E-state index contributed by atoms with van der Waals surface area (Å²) in [5.41, 5.74) is 1.51. The van der Waals surface area contributed by atoms with E-state index in [1.165, 1.54) is 17.0 Å². The lowest BCUT2D eigenvalue weighted by Crippen LogP contribution is -2.53. The van der Waals surface area contributed by atoms with Gasteiger partial charge >= 0.3 is 0 Å². The van der Waals surface area contributed by atoms with Crippen LogP contribution in [0.15, 0.2) is 46.1 Å². The zero-order valence-corrected chi connectivity index (χ0v) is 21.3. The van der Waals surface area contributed by atoms with Crippen LogP contribution in [0.3, 0.4) is 0 Å². The molecule has 2 aromatic rings. The molecule has 4 rings (SSSR count). The van der Waals surface area contributed by atoms with Crippen molar-refractivity contribution in [3.63, 3.8) is 0 Å². The monoisotopic (exact) mass is 575 g/mol. The van der Waals surface area contributed by atoms with Gasteiger partial charge in [0, 0.05) is 51.4 Å². The van der Waals surface area contributed by atoms with Crippen LogP contribution >= 0.6 is 24.0 Å². The summed E-state index contributed by atoms with van der Waals surface area (Å²) >= 11 is 0. The number of piperazine rings is 1. The first kappa shape index (κ1) is 24.8. The van der Waals surface area contributed by atoms with Gasteiger partial charge < -0.3 is 19.5 Å². The number of sulfonamides is 1. The predicted molar refractivity (Wildman–Crippen MR) is 133 cm³/mol. The van der Waals surface area contributed by atoms with Gasteiger partial charge in [-0.3, -0.25) is 4.99 Å². The molecular formula is C21H30IN5O4S. The van der Waals surface area contributed by atoms with Gasteiger partial charge in [0.2, 0.25) is 10.0 Å². The fourth-order valence-electron chi connectivity index (χ4n) is 3.71. The van der Waals surface area contributed by atoms with E-state index in [1.54, 1.807) is 13.1 Å². The van der Waals surface area contributed by atoms with E-state index in [-0.39, 0.29) is 29.7 Å². The number of para-hydroxylation sites is 1. The van der Waals surface area contributed by atoms with Crippen molar-refractivity contribution in [2.45, 2.75) is 37.7 Å². The summed E-state index contributed by atoms with van der Waals surface area (Å²) in [4.78, 5) is 6.47. The lowest BCUT2D eigenvalue weighted by molar-refractivity contribution is 0.119. The van der Waals surface area contributed by atoms with Gasteiger partial charge in [0.15, 0.2) is 5.96 Å². The van der Waals surface area contributed by atoms with E-state index in [2.05, 4.69) is 26.4 Å². The number of hydrogen-bond acceptors (Lipinski definition) is 6. The Morgan fingerprint density at radius 1 is 1.22 bits per heavy atom. The summed E-state index contributed by atoms with van der Waals surface area (Å²) in [6, 6.07) is 9.64. The van der Waals surface area contributed by atoms with Gasteiger partial charge in [-0.15, -0.1) is 24.0 Å².